The van der Waals surface area contributed by atoms with Crippen molar-refractivity contribution in [2.45, 2.75) is 20.3 Å². The van der Waals surface area contributed by atoms with Crippen LogP contribution in [-0.2, 0) is 0 Å². The molecule has 4 nitrogen and oxygen atoms in total. The van der Waals surface area contributed by atoms with E-state index in [1.54, 1.807) is 49.4 Å². The first kappa shape index (κ1) is 18.3. The fourth-order valence-electron chi connectivity index (χ4n) is 1.96. The van der Waals surface area contributed by atoms with Gasteiger partial charge in [0.05, 0.1) is 17.3 Å². The maximum atomic E-state index is 12.1. The predicted molar refractivity (Wildman–Crippen MR) is 98.4 cm³/mol. The zero-order valence-electron chi connectivity index (χ0n) is 13.5. The Morgan fingerprint density at radius 3 is 2.50 bits per heavy atom. The lowest BCUT2D eigenvalue weighted by atomic mass is 10.1. The molecule has 0 heterocycles. The first-order chi connectivity index (χ1) is 11.5. The highest BCUT2D eigenvalue weighted by Crippen LogP contribution is 2.21. The summed E-state index contributed by atoms with van der Waals surface area (Å²) >= 11 is 12.0. The second-order valence-corrected chi connectivity index (χ2v) is 5.98. The number of amides is 1. The van der Waals surface area contributed by atoms with Crippen molar-refractivity contribution < 1.29 is 9.53 Å². The number of ether oxygens (including phenoxy) is 1. The molecule has 0 fully saturated rings. The highest BCUT2D eigenvalue weighted by molar-refractivity contribution is 6.37. The second-order valence-electron chi connectivity index (χ2n) is 5.14. The fourth-order valence-corrected chi connectivity index (χ4v) is 2.51. The van der Waals surface area contributed by atoms with Gasteiger partial charge in [0.2, 0.25) is 0 Å². The average molecular weight is 365 g/mol. The molecule has 0 unspecified atom stereocenters. The van der Waals surface area contributed by atoms with Crippen LogP contribution in [0.25, 0.3) is 0 Å². The van der Waals surface area contributed by atoms with Gasteiger partial charge in [0.15, 0.2) is 0 Å². The van der Waals surface area contributed by atoms with Crippen LogP contribution in [0.3, 0.4) is 0 Å². The van der Waals surface area contributed by atoms with Gasteiger partial charge in [-0.15, -0.1) is 0 Å². The zero-order chi connectivity index (χ0) is 17.5. The summed E-state index contributed by atoms with van der Waals surface area (Å²) in [7, 11) is 0. The van der Waals surface area contributed by atoms with Gasteiger partial charge in [-0.25, -0.2) is 5.43 Å². The van der Waals surface area contributed by atoms with Gasteiger partial charge in [0.25, 0.3) is 5.91 Å². The predicted octanol–water partition coefficient (Wildman–Crippen LogP) is 4.94. The van der Waals surface area contributed by atoms with Crippen molar-refractivity contribution >= 4 is 34.8 Å². The van der Waals surface area contributed by atoms with E-state index in [-0.39, 0.29) is 5.91 Å². The molecule has 0 atom stereocenters. The maximum absolute atomic E-state index is 12.1. The number of halogens is 2. The van der Waals surface area contributed by atoms with Crippen molar-refractivity contribution in [3.8, 4) is 5.75 Å². The number of carbonyl (C=O) groups is 1. The molecular formula is C18H18Cl2N2O2. The van der Waals surface area contributed by atoms with Crippen molar-refractivity contribution in [2.75, 3.05) is 6.61 Å². The molecule has 2 aromatic carbocycles. The number of hydrazone groups is 1. The number of nitrogens with one attached hydrogen (secondary N) is 1. The van der Waals surface area contributed by atoms with E-state index in [1.807, 2.05) is 6.92 Å². The monoisotopic (exact) mass is 364 g/mol. The van der Waals surface area contributed by atoms with Crippen LogP contribution in [0.4, 0.5) is 0 Å². The molecule has 0 aliphatic heterocycles. The molecule has 0 aliphatic carbocycles. The number of benzene rings is 2. The smallest absolute Gasteiger partial charge is 0.271 e. The number of hydrogen-bond donors (Lipinski definition) is 1. The fraction of sp³-hybridized carbons (Fsp3) is 0.222. The Balaban J connectivity index is 2.03. The summed E-state index contributed by atoms with van der Waals surface area (Å²) in [6.45, 7) is 4.45. The summed E-state index contributed by atoms with van der Waals surface area (Å²) in [6.07, 6.45) is 0.934. The van der Waals surface area contributed by atoms with Crippen LogP contribution in [-0.4, -0.2) is 18.2 Å². The number of carbonyl (C=O) groups excluding carboxylic acids is 1. The van der Waals surface area contributed by atoms with E-state index < -0.39 is 0 Å². The SMILES string of the molecule is CCCOc1ccc(C(=O)N/N=C(\C)c2ccc(Cl)cc2Cl)cc1. The topological polar surface area (TPSA) is 50.7 Å². The third kappa shape index (κ3) is 4.98. The van der Waals surface area contributed by atoms with E-state index in [9.17, 15) is 4.79 Å². The molecule has 126 valence electrons. The molecular weight excluding hydrogens is 347 g/mol. The van der Waals surface area contributed by atoms with Crippen LogP contribution in [0.15, 0.2) is 47.6 Å². The highest BCUT2D eigenvalue weighted by Gasteiger charge is 2.07. The molecule has 6 heteroatoms. The molecule has 0 bridgehead atoms. The summed E-state index contributed by atoms with van der Waals surface area (Å²) in [6, 6.07) is 12.0. The Labute approximate surface area is 151 Å². The normalized spacial score (nSPS) is 11.2. The molecule has 1 amide bonds. The van der Waals surface area contributed by atoms with Crippen molar-refractivity contribution in [2.24, 2.45) is 5.10 Å². The Morgan fingerprint density at radius 1 is 1.17 bits per heavy atom. The summed E-state index contributed by atoms with van der Waals surface area (Å²) in [4.78, 5) is 12.1. The summed E-state index contributed by atoms with van der Waals surface area (Å²) in [5, 5.41) is 5.12. The lowest BCUT2D eigenvalue weighted by Gasteiger charge is -2.07. The molecule has 0 saturated heterocycles. The summed E-state index contributed by atoms with van der Waals surface area (Å²) in [5.41, 5.74) is 4.32. The van der Waals surface area contributed by atoms with E-state index >= 15 is 0 Å². The van der Waals surface area contributed by atoms with Crippen LogP contribution in [0.2, 0.25) is 10.0 Å². The van der Waals surface area contributed by atoms with Crippen molar-refractivity contribution in [1.82, 2.24) is 5.43 Å². The van der Waals surface area contributed by atoms with Gasteiger partial charge in [-0.3, -0.25) is 4.79 Å². The van der Waals surface area contributed by atoms with Crippen molar-refractivity contribution in [3.05, 3.63) is 63.6 Å². The molecule has 0 aromatic heterocycles. The van der Waals surface area contributed by atoms with Gasteiger partial charge in [0.1, 0.15) is 5.75 Å². The van der Waals surface area contributed by atoms with Gasteiger partial charge < -0.3 is 4.74 Å². The Kier molecular flexibility index (Phi) is 6.64. The highest BCUT2D eigenvalue weighted by atomic mass is 35.5. The third-order valence-electron chi connectivity index (χ3n) is 3.24. The van der Waals surface area contributed by atoms with Crippen LogP contribution < -0.4 is 10.2 Å². The lowest BCUT2D eigenvalue weighted by Crippen LogP contribution is -2.19. The first-order valence-electron chi connectivity index (χ1n) is 7.54. The van der Waals surface area contributed by atoms with E-state index in [0.29, 0.717) is 33.5 Å². The zero-order valence-corrected chi connectivity index (χ0v) is 15.0. The molecule has 0 saturated carbocycles. The van der Waals surface area contributed by atoms with Crippen LogP contribution >= 0.6 is 23.2 Å². The van der Waals surface area contributed by atoms with Crippen molar-refractivity contribution in [3.63, 3.8) is 0 Å². The van der Waals surface area contributed by atoms with Gasteiger partial charge >= 0.3 is 0 Å². The first-order valence-corrected chi connectivity index (χ1v) is 8.29. The van der Waals surface area contributed by atoms with E-state index in [2.05, 4.69) is 10.5 Å². The number of nitrogens with zero attached hydrogens (tertiary/aromatic N) is 1. The Bertz CT molecular complexity index is 743. The Morgan fingerprint density at radius 2 is 1.88 bits per heavy atom. The van der Waals surface area contributed by atoms with Crippen molar-refractivity contribution in [1.29, 1.82) is 0 Å². The third-order valence-corrected chi connectivity index (χ3v) is 3.78. The standard InChI is InChI=1S/C18H18Cl2N2O2/c1-3-10-24-15-7-4-13(5-8-15)18(23)22-21-12(2)16-9-6-14(19)11-17(16)20/h4-9,11H,3,10H2,1-2H3,(H,22,23)/b21-12+. The molecule has 0 radical (unpaired) electrons. The minimum Gasteiger partial charge on any atom is -0.494 e. The second kappa shape index (κ2) is 8.71. The summed E-state index contributed by atoms with van der Waals surface area (Å²) in [5.74, 6) is 0.433. The number of hydrogen-bond acceptors (Lipinski definition) is 3. The molecule has 0 spiro atoms. The minimum atomic E-state index is -0.304. The lowest BCUT2D eigenvalue weighted by molar-refractivity contribution is 0.0955. The maximum Gasteiger partial charge on any atom is 0.271 e. The van der Waals surface area contributed by atoms with Gasteiger partial charge in [-0.2, -0.15) is 5.10 Å². The number of rotatable bonds is 6. The molecule has 24 heavy (non-hydrogen) atoms. The Hall–Kier alpha value is -2.04. The van der Waals surface area contributed by atoms with Gasteiger partial charge in [-0.1, -0.05) is 36.2 Å². The molecule has 1 N–H and O–H groups in total. The largest absolute Gasteiger partial charge is 0.494 e. The van der Waals surface area contributed by atoms with Crippen LogP contribution in [0, 0.1) is 0 Å². The van der Waals surface area contributed by atoms with E-state index in [4.69, 9.17) is 27.9 Å². The van der Waals surface area contributed by atoms with Crippen LogP contribution in [0.1, 0.15) is 36.2 Å². The molecule has 2 aromatic rings. The van der Waals surface area contributed by atoms with Crippen LogP contribution in [0.5, 0.6) is 5.75 Å². The van der Waals surface area contributed by atoms with Gasteiger partial charge in [-0.05, 0) is 49.7 Å². The quantitative estimate of drug-likeness (QED) is 0.583. The van der Waals surface area contributed by atoms with E-state index in [1.165, 1.54) is 0 Å². The molecule has 2 rings (SSSR count). The average Bonchev–Trinajstić information content (AvgIpc) is 2.58. The van der Waals surface area contributed by atoms with Gasteiger partial charge in [0, 0.05) is 16.1 Å². The molecule has 0 aliphatic rings. The summed E-state index contributed by atoms with van der Waals surface area (Å²) < 4.78 is 5.48. The minimum absolute atomic E-state index is 0.304. The van der Waals surface area contributed by atoms with E-state index in [0.717, 1.165) is 12.2 Å².